The van der Waals surface area contributed by atoms with Gasteiger partial charge >= 0.3 is 0 Å². The fraction of sp³-hybridized carbons (Fsp3) is 0.765. The molecule has 118 valence electrons. The lowest BCUT2D eigenvalue weighted by Crippen LogP contribution is -2.39. The molecule has 1 aliphatic rings. The van der Waals surface area contributed by atoms with Crippen LogP contribution in [0, 0.1) is 5.41 Å². The summed E-state index contributed by atoms with van der Waals surface area (Å²) in [5, 5.41) is 6.99. The maximum Gasteiger partial charge on any atom is 0.133 e. The summed E-state index contributed by atoms with van der Waals surface area (Å²) in [6.45, 7) is 9.88. The summed E-state index contributed by atoms with van der Waals surface area (Å²) < 4.78 is 0. The maximum atomic E-state index is 4.70. The molecule has 1 saturated carbocycles. The molecule has 21 heavy (non-hydrogen) atoms. The van der Waals surface area contributed by atoms with E-state index >= 15 is 0 Å². The number of rotatable bonds is 6. The third kappa shape index (κ3) is 4.32. The lowest BCUT2D eigenvalue weighted by Gasteiger charge is -2.39. The first-order valence-corrected chi connectivity index (χ1v) is 8.43. The Labute approximate surface area is 129 Å². The molecular formula is C17H30N4. The Morgan fingerprint density at radius 3 is 2.62 bits per heavy atom. The highest BCUT2D eigenvalue weighted by Gasteiger charge is 2.32. The summed E-state index contributed by atoms with van der Waals surface area (Å²) in [7, 11) is 0. The highest BCUT2D eigenvalue weighted by molar-refractivity contribution is 5.48. The standard InChI is InChI=1S/C17H30N4/c1-5-9-14-20-15(18-6-2)12-16(21-14)19-13-10-7-8-11-17(13,3)4/h12-13H,5-11H2,1-4H3,(H2,18,19,20,21). The molecule has 4 heteroatoms. The molecule has 4 nitrogen and oxygen atoms in total. The molecule has 0 amide bonds. The first-order chi connectivity index (χ1) is 10.0. The average Bonchev–Trinajstić information content (AvgIpc) is 2.42. The van der Waals surface area contributed by atoms with Crippen LogP contribution in [-0.4, -0.2) is 22.6 Å². The molecule has 0 saturated heterocycles. The van der Waals surface area contributed by atoms with Crippen LogP contribution >= 0.6 is 0 Å². The molecule has 2 N–H and O–H groups in total. The smallest absolute Gasteiger partial charge is 0.133 e. The topological polar surface area (TPSA) is 49.8 Å². The van der Waals surface area contributed by atoms with E-state index in [2.05, 4.69) is 43.3 Å². The summed E-state index contributed by atoms with van der Waals surface area (Å²) in [4.78, 5) is 9.28. The fourth-order valence-corrected chi connectivity index (χ4v) is 3.12. The van der Waals surface area contributed by atoms with Crippen molar-refractivity contribution in [2.75, 3.05) is 17.2 Å². The van der Waals surface area contributed by atoms with Crippen molar-refractivity contribution in [3.8, 4) is 0 Å². The monoisotopic (exact) mass is 290 g/mol. The third-order valence-corrected chi connectivity index (χ3v) is 4.43. The maximum absolute atomic E-state index is 4.70. The van der Waals surface area contributed by atoms with Crippen LogP contribution in [0.25, 0.3) is 0 Å². The largest absolute Gasteiger partial charge is 0.370 e. The minimum atomic E-state index is 0.340. The van der Waals surface area contributed by atoms with Crippen molar-refractivity contribution in [3.05, 3.63) is 11.9 Å². The Morgan fingerprint density at radius 2 is 1.95 bits per heavy atom. The van der Waals surface area contributed by atoms with Gasteiger partial charge in [-0.05, 0) is 31.6 Å². The molecule has 1 unspecified atom stereocenters. The first kappa shape index (κ1) is 16.1. The number of anilines is 2. The molecule has 0 spiro atoms. The van der Waals surface area contributed by atoms with Crippen LogP contribution in [0.1, 0.15) is 65.6 Å². The fourth-order valence-electron chi connectivity index (χ4n) is 3.12. The summed E-state index contributed by atoms with van der Waals surface area (Å²) in [6, 6.07) is 2.55. The van der Waals surface area contributed by atoms with Gasteiger partial charge in [-0.2, -0.15) is 0 Å². The molecule has 0 radical (unpaired) electrons. The van der Waals surface area contributed by atoms with Gasteiger partial charge in [-0.25, -0.2) is 9.97 Å². The number of hydrogen-bond donors (Lipinski definition) is 2. The molecule has 0 aromatic carbocycles. The zero-order valence-corrected chi connectivity index (χ0v) is 14.0. The molecule has 1 fully saturated rings. The van der Waals surface area contributed by atoms with Crippen molar-refractivity contribution >= 4 is 11.6 Å². The van der Waals surface area contributed by atoms with E-state index in [1.54, 1.807) is 0 Å². The minimum absolute atomic E-state index is 0.340. The van der Waals surface area contributed by atoms with E-state index in [9.17, 15) is 0 Å². The van der Waals surface area contributed by atoms with Gasteiger partial charge in [-0.15, -0.1) is 0 Å². The van der Waals surface area contributed by atoms with Gasteiger partial charge in [-0.3, -0.25) is 0 Å². The molecular weight excluding hydrogens is 260 g/mol. The van der Waals surface area contributed by atoms with E-state index in [-0.39, 0.29) is 0 Å². The summed E-state index contributed by atoms with van der Waals surface area (Å²) in [6.07, 6.45) is 7.19. The average molecular weight is 290 g/mol. The SMILES string of the molecule is CCCc1nc(NCC)cc(NC2CCCCC2(C)C)n1. The van der Waals surface area contributed by atoms with Gasteiger partial charge in [-0.1, -0.05) is 33.6 Å². The lowest BCUT2D eigenvalue weighted by atomic mass is 9.73. The summed E-state index contributed by atoms with van der Waals surface area (Å²) >= 11 is 0. The number of aryl methyl sites for hydroxylation is 1. The van der Waals surface area contributed by atoms with Crippen molar-refractivity contribution in [3.63, 3.8) is 0 Å². The Hall–Kier alpha value is -1.32. The Bertz CT molecular complexity index is 432. The molecule has 1 heterocycles. The van der Waals surface area contributed by atoms with Gasteiger partial charge in [0.15, 0.2) is 0 Å². The minimum Gasteiger partial charge on any atom is -0.370 e. The summed E-state index contributed by atoms with van der Waals surface area (Å²) in [5.74, 6) is 2.85. The van der Waals surface area contributed by atoms with Crippen LogP contribution < -0.4 is 10.6 Å². The zero-order chi connectivity index (χ0) is 15.3. The Kier molecular flexibility index (Phi) is 5.43. The van der Waals surface area contributed by atoms with E-state index in [4.69, 9.17) is 4.98 Å². The molecule has 1 aliphatic carbocycles. The second-order valence-electron chi connectivity index (χ2n) is 6.77. The van der Waals surface area contributed by atoms with E-state index in [1.165, 1.54) is 25.7 Å². The Morgan fingerprint density at radius 1 is 1.19 bits per heavy atom. The highest BCUT2D eigenvalue weighted by Crippen LogP contribution is 2.37. The predicted octanol–water partition coefficient (Wildman–Crippen LogP) is 4.24. The van der Waals surface area contributed by atoms with Crippen molar-refractivity contribution in [1.82, 2.24) is 9.97 Å². The van der Waals surface area contributed by atoms with Crippen LogP contribution in [0.2, 0.25) is 0 Å². The van der Waals surface area contributed by atoms with E-state index < -0.39 is 0 Å². The van der Waals surface area contributed by atoms with Gasteiger partial charge in [0, 0.05) is 25.1 Å². The van der Waals surface area contributed by atoms with E-state index in [0.29, 0.717) is 11.5 Å². The molecule has 1 aromatic rings. The zero-order valence-electron chi connectivity index (χ0n) is 14.0. The van der Waals surface area contributed by atoms with Crippen LogP contribution in [-0.2, 0) is 6.42 Å². The molecule has 1 atom stereocenters. The third-order valence-electron chi connectivity index (χ3n) is 4.43. The predicted molar refractivity (Wildman–Crippen MR) is 89.9 cm³/mol. The molecule has 0 aliphatic heterocycles. The number of nitrogens with one attached hydrogen (secondary N) is 2. The second kappa shape index (κ2) is 7.10. The highest BCUT2D eigenvalue weighted by atomic mass is 15.1. The second-order valence-corrected chi connectivity index (χ2v) is 6.77. The normalized spacial score (nSPS) is 21.0. The van der Waals surface area contributed by atoms with Crippen molar-refractivity contribution in [1.29, 1.82) is 0 Å². The van der Waals surface area contributed by atoms with Gasteiger partial charge in [0.25, 0.3) is 0 Å². The molecule has 0 bridgehead atoms. The van der Waals surface area contributed by atoms with Crippen LogP contribution in [0.15, 0.2) is 6.07 Å². The molecule has 2 rings (SSSR count). The van der Waals surface area contributed by atoms with Crippen LogP contribution in [0.3, 0.4) is 0 Å². The number of aromatic nitrogens is 2. The van der Waals surface area contributed by atoms with Gasteiger partial charge in [0.05, 0.1) is 0 Å². The van der Waals surface area contributed by atoms with E-state index in [1.807, 2.05) is 6.07 Å². The first-order valence-electron chi connectivity index (χ1n) is 8.43. The summed E-state index contributed by atoms with van der Waals surface area (Å²) in [5.41, 5.74) is 0.340. The van der Waals surface area contributed by atoms with Gasteiger partial charge in [0.1, 0.15) is 17.5 Å². The molecule has 1 aromatic heterocycles. The van der Waals surface area contributed by atoms with Crippen molar-refractivity contribution in [2.24, 2.45) is 5.41 Å². The van der Waals surface area contributed by atoms with Crippen LogP contribution in [0.5, 0.6) is 0 Å². The Balaban J connectivity index is 2.17. The number of nitrogens with zero attached hydrogens (tertiary/aromatic N) is 2. The van der Waals surface area contributed by atoms with Gasteiger partial charge < -0.3 is 10.6 Å². The van der Waals surface area contributed by atoms with Gasteiger partial charge in [0.2, 0.25) is 0 Å². The van der Waals surface area contributed by atoms with Crippen LogP contribution in [0.4, 0.5) is 11.6 Å². The lowest BCUT2D eigenvalue weighted by molar-refractivity contribution is 0.216. The van der Waals surface area contributed by atoms with E-state index in [0.717, 1.165) is 36.8 Å². The number of hydrogen-bond acceptors (Lipinski definition) is 4. The quantitative estimate of drug-likeness (QED) is 0.822. The van der Waals surface area contributed by atoms with Crippen molar-refractivity contribution in [2.45, 2.75) is 72.3 Å². The van der Waals surface area contributed by atoms with Crippen molar-refractivity contribution < 1.29 is 0 Å².